The van der Waals surface area contributed by atoms with E-state index in [-0.39, 0.29) is 6.04 Å². The van der Waals surface area contributed by atoms with Crippen LogP contribution in [0.4, 0.5) is 0 Å². The second kappa shape index (κ2) is 11.0. The fourth-order valence-corrected chi connectivity index (χ4v) is 1.94. The van der Waals surface area contributed by atoms with Crippen molar-refractivity contribution in [2.45, 2.75) is 26.3 Å². The first-order valence-corrected chi connectivity index (χ1v) is 8.69. The van der Waals surface area contributed by atoms with E-state index in [0.717, 1.165) is 29.1 Å². The molecule has 5 heteroatoms. The molecule has 0 heterocycles. The Morgan fingerprint density at radius 1 is 1.36 bits per heavy atom. The number of rotatable bonds is 8. The van der Waals surface area contributed by atoms with E-state index in [2.05, 4.69) is 34.4 Å². The van der Waals surface area contributed by atoms with E-state index >= 15 is 0 Å². The molecule has 0 radical (unpaired) electrons. The van der Waals surface area contributed by atoms with Crippen LogP contribution in [0.2, 0.25) is 0 Å². The third-order valence-corrected chi connectivity index (χ3v) is 3.86. The highest BCUT2D eigenvalue weighted by atomic mass is 32.2. The van der Waals surface area contributed by atoms with Crippen LogP contribution >= 0.6 is 11.8 Å². The molecule has 1 aromatic carbocycles. The third-order valence-electron chi connectivity index (χ3n) is 3.16. The van der Waals surface area contributed by atoms with E-state index in [1.165, 1.54) is 0 Å². The molecule has 0 spiro atoms. The number of hydrogen-bond acceptors (Lipinski definition) is 4. The molecule has 1 unspecified atom stereocenters. The lowest BCUT2D eigenvalue weighted by atomic mass is 10.0. The van der Waals surface area contributed by atoms with Gasteiger partial charge in [-0.3, -0.25) is 9.98 Å². The number of aliphatic imine (C=N–C) groups is 2. The van der Waals surface area contributed by atoms with Gasteiger partial charge in [0.1, 0.15) is 0 Å². The molecule has 0 saturated heterocycles. The van der Waals surface area contributed by atoms with Crippen LogP contribution in [0.5, 0.6) is 0 Å². The van der Waals surface area contributed by atoms with Crippen molar-refractivity contribution in [1.82, 2.24) is 5.32 Å². The van der Waals surface area contributed by atoms with Crippen molar-refractivity contribution in [3.63, 3.8) is 0 Å². The SMILES string of the molecule is CSC(C)=N/C=C(/c1ccccc1)C(C)NC=NCCCN. The smallest absolute Gasteiger partial charge is 0.0828 e. The van der Waals surface area contributed by atoms with Gasteiger partial charge in [0.15, 0.2) is 0 Å². The van der Waals surface area contributed by atoms with Gasteiger partial charge in [-0.2, -0.15) is 0 Å². The average molecular weight is 318 g/mol. The summed E-state index contributed by atoms with van der Waals surface area (Å²) >= 11 is 1.65. The second-order valence-corrected chi connectivity index (χ2v) is 5.87. The lowest BCUT2D eigenvalue weighted by molar-refractivity contribution is 0.810. The summed E-state index contributed by atoms with van der Waals surface area (Å²) in [7, 11) is 0. The predicted molar refractivity (Wildman–Crippen MR) is 101 cm³/mol. The Hall–Kier alpha value is -1.59. The second-order valence-electron chi connectivity index (χ2n) is 4.87. The van der Waals surface area contributed by atoms with Crippen molar-refractivity contribution in [1.29, 1.82) is 0 Å². The molecule has 0 fully saturated rings. The van der Waals surface area contributed by atoms with Crippen molar-refractivity contribution < 1.29 is 0 Å². The molecule has 0 bridgehead atoms. The maximum Gasteiger partial charge on any atom is 0.0828 e. The Kier molecular flexibility index (Phi) is 9.26. The molecular weight excluding hydrogens is 292 g/mol. The topological polar surface area (TPSA) is 62.8 Å². The van der Waals surface area contributed by atoms with E-state index in [1.54, 1.807) is 18.1 Å². The first kappa shape index (κ1) is 18.5. The fourth-order valence-electron chi connectivity index (χ4n) is 1.78. The monoisotopic (exact) mass is 318 g/mol. The van der Waals surface area contributed by atoms with E-state index in [1.807, 2.05) is 37.6 Å². The van der Waals surface area contributed by atoms with Crippen LogP contribution in [0.25, 0.3) is 5.57 Å². The van der Waals surface area contributed by atoms with Gasteiger partial charge in [-0.15, -0.1) is 11.8 Å². The fraction of sp³-hybridized carbons (Fsp3) is 0.412. The molecule has 0 aliphatic rings. The molecule has 0 aromatic heterocycles. The highest BCUT2D eigenvalue weighted by Crippen LogP contribution is 2.18. The van der Waals surface area contributed by atoms with Gasteiger partial charge in [0.25, 0.3) is 0 Å². The van der Waals surface area contributed by atoms with Gasteiger partial charge in [0.2, 0.25) is 0 Å². The van der Waals surface area contributed by atoms with E-state index in [4.69, 9.17) is 5.73 Å². The summed E-state index contributed by atoms with van der Waals surface area (Å²) in [5, 5.41) is 4.34. The molecule has 1 rings (SSSR count). The van der Waals surface area contributed by atoms with Gasteiger partial charge in [0.05, 0.1) is 17.4 Å². The van der Waals surface area contributed by atoms with Crippen LogP contribution in [0.1, 0.15) is 25.8 Å². The van der Waals surface area contributed by atoms with Crippen molar-refractivity contribution >= 4 is 28.7 Å². The van der Waals surface area contributed by atoms with Gasteiger partial charge in [-0.05, 0) is 44.2 Å². The molecule has 0 saturated carbocycles. The highest BCUT2D eigenvalue weighted by molar-refractivity contribution is 8.13. The number of hydrogen-bond donors (Lipinski definition) is 2. The van der Waals surface area contributed by atoms with Crippen molar-refractivity contribution in [3.05, 3.63) is 42.1 Å². The number of thioether (sulfide) groups is 1. The molecular formula is C17H26N4S. The standard InChI is InChI=1S/C17H26N4S/c1-14(21-13-19-11-7-10-18)17(12-20-15(2)22-3)16-8-5-4-6-9-16/h4-6,8-9,12-14H,7,10-11,18H2,1-3H3,(H,19,21)/b17-12+,20-15?. The summed E-state index contributed by atoms with van der Waals surface area (Å²) in [5.74, 6) is 0. The third kappa shape index (κ3) is 6.91. The Balaban J connectivity index is 2.84. The number of nitrogens with zero attached hydrogens (tertiary/aromatic N) is 2. The molecule has 1 atom stereocenters. The van der Waals surface area contributed by atoms with E-state index < -0.39 is 0 Å². The zero-order valence-electron chi connectivity index (χ0n) is 13.6. The molecule has 0 amide bonds. The number of benzene rings is 1. The number of nitrogens with two attached hydrogens (primary N) is 1. The van der Waals surface area contributed by atoms with Crippen molar-refractivity contribution in [2.75, 3.05) is 19.3 Å². The Labute approximate surface area is 138 Å². The van der Waals surface area contributed by atoms with E-state index in [9.17, 15) is 0 Å². The first-order valence-electron chi connectivity index (χ1n) is 7.47. The van der Waals surface area contributed by atoms with Gasteiger partial charge < -0.3 is 11.1 Å². The summed E-state index contributed by atoms with van der Waals surface area (Å²) in [5.41, 5.74) is 7.76. The minimum absolute atomic E-state index is 0.127. The van der Waals surface area contributed by atoms with Crippen LogP contribution in [0.15, 0.2) is 46.5 Å². The summed E-state index contributed by atoms with van der Waals surface area (Å²) in [4.78, 5) is 8.82. The number of nitrogens with one attached hydrogen (secondary N) is 1. The molecule has 22 heavy (non-hydrogen) atoms. The van der Waals surface area contributed by atoms with Crippen molar-refractivity contribution in [2.24, 2.45) is 15.7 Å². The van der Waals surface area contributed by atoms with Crippen LogP contribution in [0, 0.1) is 0 Å². The van der Waals surface area contributed by atoms with Gasteiger partial charge in [0, 0.05) is 12.7 Å². The maximum atomic E-state index is 5.46. The lowest BCUT2D eigenvalue weighted by Gasteiger charge is -2.16. The maximum absolute atomic E-state index is 5.46. The zero-order chi connectivity index (χ0) is 16.2. The molecule has 0 aliphatic carbocycles. The normalized spacial score (nSPS) is 14.4. The highest BCUT2D eigenvalue weighted by Gasteiger charge is 2.09. The van der Waals surface area contributed by atoms with Crippen LogP contribution < -0.4 is 11.1 Å². The Bertz CT molecular complexity index is 509. The molecule has 0 aliphatic heterocycles. The minimum Gasteiger partial charge on any atom is -0.370 e. The van der Waals surface area contributed by atoms with Crippen LogP contribution in [-0.2, 0) is 0 Å². The molecule has 3 N–H and O–H groups in total. The summed E-state index contributed by atoms with van der Waals surface area (Å²) in [6.45, 7) is 5.54. The molecule has 120 valence electrons. The molecule has 4 nitrogen and oxygen atoms in total. The summed E-state index contributed by atoms with van der Waals surface area (Å²) in [6, 6.07) is 10.4. The van der Waals surface area contributed by atoms with Gasteiger partial charge in [-0.25, -0.2) is 0 Å². The van der Waals surface area contributed by atoms with Gasteiger partial charge >= 0.3 is 0 Å². The summed E-state index contributed by atoms with van der Waals surface area (Å²) in [6.07, 6.45) is 6.64. The zero-order valence-corrected chi connectivity index (χ0v) is 14.4. The predicted octanol–water partition coefficient (Wildman–Crippen LogP) is 3.16. The van der Waals surface area contributed by atoms with Crippen molar-refractivity contribution in [3.8, 4) is 0 Å². The molecule has 1 aromatic rings. The summed E-state index contributed by atoms with van der Waals surface area (Å²) < 4.78 is 0. The van der Waals surface area contributed by atoms with E-state index in [0.29, 0.717) is 6.54 Å². The van der Waals surface area contributed by atoms with Crippen LogP contribution in [-0.4, -0.2) is 36.8 Å². The Morgan fingerprint density at radius 2 is 2.09 bits per heavy atom. The van der Waals surface area contributed by atoms with Crippen LogP contribution in [0.3, 0.4) is 0 Å². The minimum atomic E-state index is 0.127. The lowest BCUT2D eigenvalue weighted by Crippen LogP contribution is -2.26. The Morgan fingerprint density at radius 3 is 2.73 bits per heavy atom. The first-order chi connectivity index (χ1) is 10.7. The quantitative estimate of drug-likeness (QED) is 0.440. The average Bonchev–Trinajstić information content (AvgIpc) is 2.55. The van der Waals surface area contributed by atoms with Gasteiger partial charge in [-0.1, -0.05) is 30.3 Å². The largest absolute Gasteiger partial charge is 0.370 e.